The van der Waals surface area contributed by atoms with Crippen molar-refractivity contribution in [2.75, 3.05) is 7.05 Å². The molecule has 2 N–H and O–H groups in total. The number of aromatic nitrogens is 1. The fourth-order valence-electron chi connectivity index (χ4n) is 4.05. The van der Waals surface area contributed by atoms with E-state index in [2.05, 4.69) is 20.6 Å². The van der Waals surface area contributed by atoms with Crippen LogP contribution in [0.1, 0.15) is 54.8 Å². The lowest BCUT2D eigenvalue weighted by Gasteiger charge is -2.39. The molecule has 0 saturated heterocycles. The van der Waals surface area contributed by atoms with Gasteiger partial charge in [0.1, 0.15) is 0 Å². The van der Waals surface area contributed by atoms with Crippen molar-refractivity contribution >= 4 is 17.3 Å². The van der Waals surface area contributed by atoms with Crippen molar-refractivity contribution in [3.63, 3.8) is 0 Å². The summed E-state index contributed by atoms with van der Waals surface area (Å²) in [4.78, 5) is 9.95. The summed E-state index contributed by atoms with van der Waals surface area (Å²) in [6.45, 7) is 2.85. The molecule has 2 saturated carbocycles. The van der Waals surface area contributed by atoms with Crippen molar-refractivity contribution in [3.8, 4) is 0 Å². The van der Waals surface area contributed by atoms with Gasteiger partial charge in [-0.2, -0.15) is 0 Å². The van der Waals surface area contributed by atoms with Crippen molar-refractivity contribution in [2.45, 2.75) is 64.5 Å². The number of nitrogens with one attached hydrogen (secondary N) is 2. The van der Waals surface area contributed by atoms with Crippen LogP contribution >= 0.6 is 11.3 Å². The van der Waals surface area contributed by atoms with Gasteiger partial charge in [0, 0.05) is 24.2 Å². The third-order valence-corrected chi connectivity index (χ3v) is 6.12. The lowest BCUT2D eigenvalue weighted by molar-refractivity contribution is 0.150. The summed E-state index contributed by atoms with van der Waals surface area (Å²) in [5, 5.41) is 8.19. The highest BCUT2D eigenvalue weighted by Crippen LogP contribution is 2.40. The molecule has 122 valence electrons. The van der Waals surface area contributed by atoms with Crippen LogP contribution in [0.3, 0.4) is 0 Å². The van der Waals surface area contributed by atoms with E-state index in [0.717, 1.165) is 29.3 Å². The second-order valence-corrected chi connectivity index (χ2v) is 8.05. The first-order chi connectivity index (χ1) is 10.7. The highest BCUT2D eigenvalue weighted by Gasteiger charge is 2.32. The predicted octanol–water partition coefficient (Wildman–Crippen LogP) is 3.48. The molecule has 2 fully saturated rings. The Morgan fingerprint density at radius 3 is 2.82 bits per heavy atom. The van der Waals surface area contributed by atoms with Crippen molar-refractivity contribution in [1.82, 2.24) is 15.6 Å². The first kappa shape index (κ1) is 15.8. The van der Waals surface area contributed by atoms with Crippen LogP contribution in [-0.4, -0.2) is 24.0 Å². The third-order valence-electron chi connectivity index (χ3n) is 5.20. The molecule has 1 aromatic heterocycles. The van der Waals surface area contributed by atoms with Crippen LogP contribution < -0.4 is 10.6 Å². The van der Waals surface area contributed by atoms with Gasteiger partial charge in [-0.3, -0.25) is 4.99 Å². The Bertz CT molecular complexity index is 511. The van der Waals surface area contributed by atoms with E-state index < -0.39 is 0 Å². The fourth-order valence-corrected chi connectivity index (χ4v) is 4.78. The maximum absolute atomic E-state index is 4.39. The van der Waals surface area contributed by atoms with E-state index in [4.69, 9.17) is 0 Å². The minimum absolute atomic E-state index is 0.591. The summed E-state index contributed by atoms with van der Waals surface area (Å²) >= 11 is 1.74. The number of aliphatic imine (C=N–C) groups is 1. The predicted molar refractivity (Wildman–Crippen MR) is 93.3 cm³/mol. The fraction of sp³-hybridized carbons (Fsp3) is 0.765. The van der Waals surface area contributed by atoms with Gasteiger partial charge in [-0.15, -0.1) is 11.3 Å². The Morgan fingerprint density at radius 2 is 2.09 bits per heavy atom. The molecule has 2 aliphatic carbocycles. The average molecular weight is 321 g/mol. The van der Waals surface area contributed by atoms with E-state index in [0.29, 0.717) is 6.04 Å². The van der Waals surface area contributed by atoms with Gasteiger partial charge in [-0.1, -0.05) is 25.7 Å². The molecule has 3 unspecified atom stereocenters. The van der Waals surface area contributed by atoms with Gasteiger partial charge >= 0.3 is 0 Å². The number of aryl methyl sites for hydroxylation is 1. The Kier molecular flexibility index (Phi) is 5.34. The zero-order valence-electron chi connectivity index (χ0n) is 13.8. The summed E-state index contributed by atoms with van der Waals surface area (Å²) in [6, 6.07) is 0.591. The van der Waals surface area contributed by atoms with Gasteiger partial charge in [0.2, 0.25) is 0 Å². The number of thiazole rings is 1. The molecule has 3 atom stereocenters. The third kappa shape index (κ3) is 4.00. The number of rotatable bonds is 3. The quantitative estimate of drug-likeness (QED) is 0.662. The first-order valence-electron chi connectivity index (χ1n) is 8.63. The van der Waals surface area contributed by atoms with Crippen molar-refractivity contribution in [2.24, 2.45) is 16.8 Å². The zero-order valence-corrected chi connectivity index (χ0v) is 14.6. The lowest BCUT2D eigenvalue weighted by atomic mass is 9.69. The second kappa shape index (κ2) is 7.44. The summed E-state index contributed by atoms with van der Waals surface area (Å²) in [5.74, 6) is 2.88. The molecule has 2 aliphatic rings. The van der Waals surface area contributed by atoms with Crippen LogP contribution in [0, 0.1) is 18.8 Å². The first-order valence-corrected chi connectivity index (χ1v) is 9.44. The van der Waals surface area contributed by atoms with Crippen LogP contribution in [0.15, 0.2) is 11.2 Å². The number of guanidine groups is 1. The monoisotopic (exact) mass is 320 g/mol. The minimum atomic E-state index is 0.591. The Labute approximate surface area is 137 Å². The van der Waals surface area contributed by atoms with Crippen molar-refractivity contribution < 1.29 is 0 Å². The molecule has 3 rings (SSSR count). The molecule has 1 aromatic rings. The average Bonchev–Trinajstić information content (AvgIpc) is 2.96. The van der Waals surface area contributed by atoms with Gasteiger partial charge in [-0.05, 0) is 38.0 Å². The number of fused-ring (bicyclic) bond motifs is 1. The van der Waals surface area contributed by atoms with Crippen LogP contribution in [-0.2, 0) is 6.54 Å². The van der Waals surface area contributed by atoms with E-state index >= 15 is 0 Å². The molecule has 4 nitrogen and oxygen atoms in total. The van der Waals surface area contributed by atoms with Gasteiger partial charge in [0.15, 0.2) is 5.96 Å². The summed E-state index contributed by atoms with van der Waals surface area (Å²) in [6.07, 6.45) is 11.8. The topological polar surface area (TPSA) is 49.3 Å². The van der Waals surface area contributed by atoms with E-state index in [1.165, 1.54) is 49.8 Å². The van der Waals surface area contributed by atoms with E-state index in [1.807, 2.05) is 20.2 Å². The van der Waals surface area contributed by atoms with Gasteiger partial charge in [0.25, 0.3) is 0 Å². The van der Waals surface area contributed by atoms with Crippen LogP contribution in [0.4, 0.5) is 0 Å². The lowest BCUT2D eigenvalue weighted by Crippen LogP contribution is -2.46. The standard InChI is InChI=1S/C17H28N4S/c1-12-19-10-16(22-12)11-20-17(18-2)21-15-8-7-13-5-3-4-6-14(13)9-15/h10,13-15H,3-9,11H2,1-2H3,(H2,18,20,21). The Balaban J connectivity index is 1.48. The summed E-state index contributed by atoms with van der Waals surface area (Å²) in [5.41, 5.74) is 0. The molecule has 0 spiro atoms. The van der Waals surface area contributed by atoms with Crippen LogP contribution in [0.25, 0.3) is 0 Å². The molecule has 0 aliphatic heterocycles. The van der Waals surface area contributed by atoms with Gasteiger partial charge in [-0.25, -0.2) is 4.98 Å². The Morgan fingerprint density at radius 1 is 1.27 bits per heavy atom. The molecule has 0 amide bonds. The molecule has 1 heterocycles. The molecular formula is C17H28N4S. The highest BCUT2D eigenvalue weighted by molar-refractivity contribution is 7.11. The summed E-state index contributed by atoms with van der Waals surface area (Å²) in [7, 11) is 1.86. The molecule has 0 aromatic carbocycles. The normalized spacial score (nSPS) is 29.0. The maximum atomic E-state index is 4.39. The number of hydrogen-bond acceptors (Lipinski definition) is 3. The van der Waals surface area contributed by atoms with Gasteiger partial charge in [0.05, 0.1) is 11.6 Å². The minimum Gasteiger partial charge on any atom is -0.354 e. The largest absolute Gasteiger partial charge is 0.354 e. The van der Waals surface area contributed by atoms with Crippen LogP contribution in [0.5, 0.6) is 0 Å². The Hall–Kier alpha value is -1.10. The van der Waals surface area contributed by atoms with E-state index in [9.17, 15) is 0 Å². The van der Waals surface area contributed by atoms with Gasteiger partial charge < -0.3 is 10.6 Å². The number of hydrogen-bond donors (Lipinski definition) is 2. The zero-order chi connectivity index (χ0) is 15.4. The molecular weight excluding hydrogens is 292 g/mol. The van der Waals surface area contributed by atoms with E-state index in [1.54, 1.807) is 11.3 Å². The van der Waals surface area contributed by atoms with Crippen LogP contribution in [0.2, 0.25) is 0 Å². The maximum Gasteiger partial charge on any atom is 0.191 e. The smallest absolute Gasteiger partial charge is 0.191 e. The molecule has 0 radical (unpaired) electrons. The SMILES string of the molecule is CN=C(NCc1cnc(C)s1)NC1CCC2CCCCC2C1. The van der Waals surface area contributed by atoms with E-state index in [-0.39, 0.29) is 0 Å². The number of nitrogens with zero attached hydrogens (tertiary/aromatic N) is 2. The van der Waals surface area contributed by atoms with Crippen molar-refractivity contribution in [3.05, 3.63) is 16.1 Å². The second-order valence-electron chi connectivity index (χ2n) is 6.73. The molecule has 22 heavy (non-hydrogen) atoms. The molecule has 5 heteroatoms. The molecule has 0 bridgehead atoms. The highest BCUT2D eigenvalue weighted by atomic mass is 32.1. The van der Waals surface area contributed by atoms with Crippen molar-refractivity contribution in [1.29, 1.82) is 0 Å². The summed E-state index contributed by atoms with van der Waals surface area (Å²) < 4.78 is 0.